The molecule has 0 aliphatic carbocycles. The molecule has 12 heavy (non-hydrogen) atoms. The minimum atomic E-state index is 0.298. The number of nitrogens with one attached hydrogen (secondary N) is 1. The largest absolute Gasteiger partial charge is 0.317 e. The summed E-state index contributed by atoms with van der Waals surface area (Å²) in [6.45, 7) is 4.36. The summed E-state index contributed by atoms with van der Waals surface area (Å²) >= 11 is 0. The predicted octanol–water partition coefficient (Wildman–Crippen LogP) is 1.52. The van der Waals surface area contributed by atoms with Crippen molar-refractivity contribution in [2.24, 2.45) is 5.41 Å². The fourth-order valence-electron chi connectivity index (χ4n) is 1.81. The fraction of sp³-hybridized carbons (Fsp3) is 0.700. The van der Waals surface area contributed by atoms with Crippen molar-refractivity contribution >= 4 is 6.29 Å². The van der Waals surface area contributed by atoms with Crippen LogP contribution in [0.2, 0.25) is 0 Å². The Morgan fingerprint density at radius 1 is 1.42 bits per heavy atom. The molecule has 0 aromatic carbocycles. The fourth-order valence-corrected chi connectivity index (χ4v) is 1.81. The number of carbonyl (C=O) groups excluding carboxylic acids is 1. The maximum atomic E-state index is 10.2. The molecule has 0 bridgehead atoms. The van der Waals surface area contributed by atoms with Gasteiger partial charge in [-0.2, -0.15) is 0 Å². The molecule has 0 amide bonds. The molecule has 2 heteroatoms. The zero-order chi connectivity index (χ0) is 8.86. The molecule has 0 aromatic rings. The lowest BCUT2D eigenvalue weighted by atomic mass is 9.76. The van der Waals surface area contributed by atoms with Gasteiger partial charge in [-0.1, -0.05) is 13.0 Å². The van der Waals surface area contributed by atoms with Crippen LogP contribution in [0, 0.1) is 5.41 Å². The van der Waals surface area contributed by atoms with Gasteiger partial charge in [-0.05, 0) is 43.8 Å². The molecule has 0 saturated carbocycles. The van der Waals surface area contributed by atoms with E-state index in [-0.39, 0.29) is 0 Å². The van der Waals surface area contributed by atoms with Crippen LogP contribution in [0.25, 0.3) is 0 Å². The minimum absolute atomic E-state index is 0.298. The highest BCUT2D eigenvalue weighted by molar-refractivity contribution is 5.64. The van der Waals surface area contributed by atoms with Crippen molar-refractivity contribution in [2.75, 3.05) is 13.1 Å². The Morgan fingerprint density at radius 2 is 2.08 bits per heavy atom. The van der Waals surface area contributed by atoms with Gasteiger partial charge in [-0.25, -0.2) is 0 Å². The second-order valence-electron chi connectivity index (χ2n) is 3.46. The van der Waals surface area contributed by atoms with E-state index in [9.17, 15) is 4.79 Å². The number of rotatable bonds is 3. The Hall–Kier alpha value is -0.630. The van der Waals surface area contributed by atoms with Gasteiger partial charge < -0.3 is 5.32 Å². The molecular weight excluding hydrogens is 150 g/mol. The smallest absolute Gasteiger partial charge is 0.142 e. The Labute approximate surface area is 74.0 Å². The number of aldehydes is 1. The van der Waals surface area contributed by atoms with Crippen LogP contribution in [-0.4, -0.2) is 19.4 Å². The van der Waals surface area contributed by atoms with E-state index in [1.54, 1.807) is 6.08 Å². The van der Waals surface area contributed by atoms with E-state index in [1.165, 1.54) is 0 Å². The maximum Gasteiger partial charge on any atom is 0.142 e. The molecule has 1 rings (SSSR count). The summed E-state index contributed by atoms with van der Waals surface area (Å²) in [5, 5.41) is 3.33. The average molecular weight is 167 g/mol. The molecule has 0 radical (unpaired) electrons. The first-order valence-electron chi connectivity index (χ1n) is 4.67. The highest BCUT2D eigenvalue weighted by atomic mass is 16.1. The molecule has 1 saturated heterocycles. The number of allylic oxidation sites excluding steroid dienone is 2. The summed E-state index contributed by atoms with van der Waals surface area (Å²) < 4.78 is 0. The Bertz CT molecular complexity index is 169. The third-order valence-electron chi connectivity index (χ3n) is 2.83. The second kappa shape index (κ2) is 4.41. The lowest BCUT2D eigenvalue weighted by Crippen LogP contribution is -2.35. The van der Waals surface area contributed by atoms with Gasteiger partial charge in [0.25, 0.3) is 0 Å². The molecule has 0 aromatic heterocycles. The number of carbonyl (C=O) groups is 1. The normalized spacial score (nSPS) is 22.8. The lowest BCUT2D eigenvalue weighted by Gasteiger charge is -2.33. The van der Waals surface area contributed by atoms with Gasteiger partial charge in [0.15, 0.2) is 0 Å². The minimum Gasteiger partial charge on any atom is -0.317 e. The first kappa shape index (κ1) is 9.46. The summed E-state index contributed by atoms with van der Waals surface area (Å²) in [7, 11) is 0. The van der Waals surface area contributed by atoms with Crippen LogP contribution in [0.15, 0.2) is 12.2 Å². The van der Waals surface area contributed by atoms with Crippen LogP contribution in [0.5, 0.6) is 0 Å². The van der Waals surface area contributed by atoms with Crippen molar-refractivity contribution in [1.29, 1.82) is 0 Å². The van der Waals surface area contributed by atoms with Gasteiger partial charge in [-0.15, -0.1) is 0 Å². The van der Waals surface area contributed by atoms with Crippen LogP contribution >= 0.6 is 0 Å². The predicted molar refractivity (Wildman–Crippen MR) is 50.0 cm³/mol. The summed E-state index contributed by atoms with van der Waals surface area (Å²) in [5.41, 5.74) is 0.298. The molecule has 2 nitrogen and oxygen atoms in total. The molecule has 0 atom stereocenters. The van der Waals surface area contributed by atoms with Gasteiger partial charge >= 0.3 is 0 Å². The van der Waals surface area contributed by atoms with Crippen molar-refractivity contribution in [3.05, 3.63) is 12.2 Å². The Kier molecular flexibility index (Phi) is 3.48. The standard InChI is InChI=1S/C10H17NO/c1-2-10(4-3-9-12)5-7-11-8-6-10/h3-4,9,11H,2,5-8H2,1H3/b4-3-. The van der Waals surface area contributed by atoms with E-state index in [4.69, 9.17) is 0 Å². The topological polar surface area (TPSA) is 29.1 Å². The van der Waals surface area contributed by atoms with Crippen LogP contribution in [0.4, 0.5) is 0 Å². The first-order chi connectivity index (χ1) is 5.83. The van der Waals surface area contributed by atoms with E-state index in [1.807, 2.05) is 0 Å². The first-order valence-corrected chi connectivity index (χ1v) is 4.67. The number of hydrogen-bond acceptors (Lipinski definition) is 2. The maximum absolute atomic E-state index is 10.2. The van der Waals surface area contributed by atoms with Crippen LogP contribution in [0.1, 0.15) is 26.2 Å². The molecule has 0 unspecified atom stereocenters. The van der Waals surface area contributed by atoms with Crippen molar-refractivity contribution in [1.82, 2.24) is 5.32 Å². The van der Waals surface area contributed by atoms with Crippen LogP contribution in [0.3, 0.4) is 0 Å². The molecule has 1 N–H and O–H groups in total. The van der Waals surface area contributed by atoms with Crippen LogP contribution in [-0.2, 0) is 4.79 Å². The van der Waals surface area contributed by atoms with Gasteiger partial charge in [0.2, 0.25) is 0 Å². The van der Waals surface area contributed by atoms with Crippen molar-refractivity contribution < 1.29 is 4.79 Å². The van der Waals surface area contributed by atoms with E-state index in [0.717, 1.165) is 38.6 Å². The van der Waals surface area contributed by atoms with Gasteiger partial charge in [0, 0.05) is 0 Å². The monoisotopic (exact) mass is 167 g/mol. The van der Waals surface area contributed by atoms with Crippen molar-refractivity contribution in [3.63, 3.8) is 0 Å². The Morgan fingerprint density at radius 3 is 2.58 bits per heavy atom. The summed E-state index contributed by atoms with van der Waals surface area (Å²) in [4.78, 5) is 10.2. The van der Waals surface area contributed by atoms with Gasteiger partial charge in [0.05, 0.1) is 0 Å². The van der Waals surface area contributed by atoms with Gasteiger partial charge in [-0.3, -0.25) is 4.79 Å². The molecular formula is C10H17NO. The third-order valence-corrected chi connectivity index (χ3v) is 2.83. The SMILES string of the molecule is CCC1(/C=C\C=O)CCNCC1. The zero-order valence-corrected chi connectivity index (χ0v) is 7.68. The molecule has 1 heterocycles. The van der Waals surface area contributed by atoms with Gasteiger partial charge in [0.1, 0.15) is 6.29 Å². The van der Waals surface area contributed by atoms with E-state index < -0.39 is 0 Å². The average Bonchev–Trinajstić information content (AvgIpc) is 2.16. The number of piperidine rings is 1. The lowest BCUT2D eigenvalue weighted by molar-refractivity contribution is -0.104. The molecule has 0 spiro atoms. The Balaban J connectivity index is 2.59. The van der Waals surface area contributed by atoms with E-state index in [0.29, 0.717) is 5.41 Å². The van der Waals surface area contributed by atoms with Crippen molar-refractivity contribution in [3.8, 4) is 0 Å². The van der Waals surface area contributed by atoms with Crippen molar-refractivity contribution in [2.45, 2.75) is 26.2 Å². The third kappa shape index (κ3) is 2.18. The number of hydrogen-bond donors (Lipinski definition) is 1. The molecule has 68 valence electrons. The molecule has 1 aliphatic heterocycles. The molecule has 1 aliphatic rings. The van der Waals surface area contributed by atoms with E-state index >= 15 is 0 Å². The zero-order valence-electron chi connectivity index (χ0n) is 7.68. The summed E-state index contributed by atoms with van der Waals surface area (Å²) in [6.07, 6.45) is 8.07. The summed E-state index contributed by atoms with van der Waals surface area (Å²) in [6, 6.07) is 0. The molecule has 1 fully saturated rings. The second-order valence-corrected chi connectivity index (χ2v) is 3.46. The highest BCUT2D eigenvalue weighted by Gasteiger charge is 2.26. The van der Waals surface area contributed by atoms with E-state index in [2.05, 4.69) is 18.3 Å². The summed E-state index contributed by atoms with van der Waals surface area (Å²) in [5.74, 6) is 0. The highest BCUT2D eigenvalue weighted by Crippen LogP contribution is 2.33. The quantitative estimate of drug-likeness (QED) is 0.510. The van der Waals surface area contributed by atoms with Crippen LogP contribution < -0.4 is 5.32 Å².